The van der Waals surface area contributed by atoms with Crippen molar-refractivity contribution in [2.75, 3.05) is 70.2 Å². The highest BCUT2D eigenvalue weighted by molar-refractivity contribution is 6.10. The van der Waals surface area contributed by atoms with Crippen LogP contribution in [0.15, 0.2) is 115 Å². The highest BCUT2D eigenvalue weighted by Crippen LogP contribution is 2.52. The van der Waals surface area contributed by atoms with Gasteiger partial charge in [0, 0.05) is 74.8 Å². The van der Waals surface area contributed by atoms with Crippen LogP contribution in [0.4, 0.5) is 11.4 Å². The maximum Gasteiger partial charge on any atom is 0.238 e. The third-order valence-corrected chi connectivity index (χ3v) is 17.9. The number of likely N-dealkylation sites (tertiary alicyclic amines) is 2. The molecule has 6 aromatic carbocycles. The molecular weight excluding hydrogens is 881 g/mol. The monoisotopic (exact) mass is 951 g/mol. The first-order chi connectivity index (χ1) is 34.5. The van der Waals surface area contributed by atoms with Crippen molar-refractivity contribution in [2.45, 2.75) is 112 Å². The van der Waals surface area contributed by atoms with Crippen LogP contribution in [0.25, 0.3) is 21.5 Å². The van der Waals surface area contributed by atoms with E-state index in [0.717, 1.165) is 92.8 Å². The minimum Gasteiger partial charge on any atom is -0.392 e. The van der Waals surface area contributed by atoms with Crippen LogP contribution in [0.5, 0.6) is 0 Å². The number of anilines is 2. The van der Waals surface area contributed by atoms with Crippen LogP contribution in [0, 0.1) is 0 Å². The fourth-order valence-corrected chi connectivity index (χ4v) is 14.8. The quantitative estimate of drug-likeness (QED) is 0.101. The van der Waals surface area contributed by atoms with Crippen LogP contribution in [0.2, 0.25) is 0 Å². The number of carbonyl (C=O) groups is 2. The fraction of sp³-hybridized carbons (Fsp3) is 0.443. The normalized spacial score (nSPS) is 25.6. The summed E-state index contributed by atoms with van der Waals surface area (Å²) in [6.45, 7) is 6.44. The minimum atomic E-state index is -1.02. The van der Waals surface area contributed by atoms with Gasteiger partial charge in [0.15, 0.2) is 0 Å². The van der Waals surface area contributed by atoms with Crippen molar-refractivity contribution in [3.05, 3.63) is 154 Å². The minimum absolute atomic E-state index is 0.00642. The van der Waals surface area contributed by atoms with Gasteiger partial charge in [0.25, 0.3) is 0 Å². The van der Waals surface area contributed by atoms with Gasteiger partial charge in [0.2, 0.25) is 11.8 Å². The lowest BCUT2D eigenvalue weighted by molar-refractivity contribution is -0.125. The number of hydrogen-bond donors (Lipinski definition) is 3. The topological polar surface area (TPSA) is 103 Å². The van der Waals surface area contributed by atoms with Crippen molar-refractivity contribution in [3.8, 4) is 0 Å². The molecule has 6 atom stereocenters. The summed E-state index contributed by atoms with van der Waals surface area (Å²) in [6, 6.07) is 42.3. The van der Waals surface area contributed by atoms with Crippen LogP contribution in [0.3, 0.4) is 0 Å². The van der Waals surface area contributed by atoms with E-state index in [9.17, 15) is 10.2 Å². The Morgan fingerprint density at radius 1 is 0.634 bits per heavy atom. The number of carbonyl (C=O) groups excluding carboxylic acids is 2. The zero-order valence-corrected chi connectivity index (χ0v) is 42.0. The molecule has 6 aromatic rings. The summed E-state index contributed by atoms with van der Waals surface area (Å²) in [4.78, 5) is 42.6. The zero-order chi connectivity index (χ0) is 48.8. The second-order valence-corrected chi connectivity index (χ2v) is 22.5. The maximum atomic E-state index is 15.8. The molecule has 0 saturated carbocycles. The molecule has 0 bridgehead atoms. The molecule has 2 saturated heterocycles. The first-order valence-electron chi connectivity index (χ1n) is 26.5. The van der Waals surface area contributed by atoms with E-state index in [1.807, 2.05) is 45.1 Å². The van der Waals surface area contributed by atoms with E-state index < -0.39 is 23.0 Å². The van der Waals surface area contributed by atoms with Crippen LogP contribution >= 0.6 is 0 Å². The van der Waals surface area contributed by atoms with E-state index in [-0.39, 0.29) is 30.3 Å². The van der Waals surface area contributed by atoms with Gasteiger partial charge in [-0.1, -0.05) is 103 Å². The number of fused-ring (bicyclic) bond motifs is 2. The SMILES string of the molecule is CNCC(O)CC1(Cc2ccc3c(c2)N(C2CCN(C4Cc5cccc6cccc4c56)CC2)C(=O)C3(C)CC(O)CN(C)C)C(=O)N(C2CCN(C3Cc4cccc5cccc3c45)CC2)c2ccccc21. The summed E-state index contributed by atoms with van der Waals surface area (Å²) in [5, 5.41) is 31.9. The fourth-order valence-electron chi connectivity index (χ4n) is 14.8. The predicted octanol–water partition coefficient (Wildman–Crippen LogP) is 8.23. The average Bonchev–Trinajstić information content (AvgIpc) is 4.06. The highest BCUT2D eigenvalue weighted by atomic mass is 16.3. The lowest BCUT2D eigenvalue weighted by Gasteiger charge is -2.41. The van der Waals surface area contributed by atoms with Gasteiger partial charge in [-0.2, -0.15) is 0 Å². The molecule has 6 unspecified atom stereocenters. The van der Waals surface area contributed by atoms with E-state index in [1.165, 1.54) is 43.8 Å². The zero-order valence-electron chi connectivity index (χ0n) is 42.0. The number of piperidine rings is 2. The first-order valence-corrected chi connectivity index (χ1v) is 26.5. The second kappa shape index (κ2) is 18.2. The molecule has 10 nitrogen and oxygen atoms in total. The summed E-state index contributed by atoms with van der Waals surface area (Å²) >= 11 is 0. The van der Waals surface area contributed by atoms with Crippen LogP contribution in [-0.2, 0) is 39.7 Å². The molecule has 3 N–H and O–H groups in total. The standard InChI is InChI=1S/C61H70N6O4/c1-60(35-47(69)38-63(3)4)50-22-21-39(31-55(50)67(58(60)70)45-25-29-65(30-26-45)54-33-43-16-8-12-41-14-10-18-49(54)57(41)43)34-61(36-46(68)37-62-2)51-19-5-6-20-52(51)66(59(61)71)44-23-27-64(28-24-44)53-32-42-15-7-11-40-13-9-17-48(53)56(40)42/h5-22,31,44-47,53-54,62,68-69H,23-30,32-38H2,1-4H3. The van der Waals surface area contributed by atoms with Gasteiger partial charge in [-0.25, -0.2) is 0 Å². The van der Waals surface area contributed by atoms with Crippen LogP contribution < -0.4 is 15.1 Å². The molecule has 4 heterocycles. The number of para-hydroxylation sites is 1. The van der Waals surface area contributed by atoms with Crippen LogP contribution in [0.1, 0.15) is 96.5 Å². The molecule has 10 heteroatoms. The summed E-state index contributed by atoms with van der Waals surface area (Å²) < 4.78 is 0. The third kappa shape index (κ3) is 7.74. The van der Waals surface area contributed by atoms with Crippen LogP contribution in [-0.4, -0.2) is 121 Å². The Hall–Kier alpha value is -5.46. The Bertz CT molecular complexity index is 3020. The van der Waals surface area contributed by atoms with Crippen molar-refractivity contribution in [2.24, 2.45) is 0 Å². The smallest absolute Gasteiger partial charge is 0.238 e. The van der Waals surface area contributed by atoms with Gasteiger partial charge in [-0.15, -0.1) is 0 Å². The number of amides is 2. The van der Waals surface area contributed by atoms with E-state index in [1.54, 1.807) is 0 Å². The number of nitrogens with one attached hydrogen (secondary N) is 1. The summed E-state index contributed by atoms with van der Waals surface area (Å²) in [7, 11) is 5.76. The number of rotatable bonds is 14. The molecule has 2 amide bonds. The summed E-state index contributed by atoms with van der Waals surface area (Å²) in [5.41, 5.74) is 8.51. The second-order valence-electron chi connectivity index (χ2n) is 22.5. The predicted molar refractivity (Wildman–Crippen MR) is 284 cm³/mol. The number of likely N-dealkylation sites (N-methyl/N-ethyl adjacent to an activating group) is 2. The van der Waals surface area contributed by atoms with Crippen molar-refractivity contribution >= 4 is 44.7 Å². The highest BCUT2D eigenvalue weighted by Gasteiger charge is 2.55. The first kappa shape index (κ1) is 46.6. The molecule has 0 spiro atoms. The average molecular weight is 951 g/mol. The Balaban J connectivity index is 0.844. The molecule has 12 rings (SSSR count). The maximum absolute atomic E-state index is 15.8. The van der Waals surface area contributed by atoms with Gasteiger partial charge in [0.05, 0.1) is 23.0 Å². The molecule has 2 aliphatic carbocycles. The van der Waals surface area contributed by atoms with Gasteiger partial charge < -0.3 is 30.2 Å². The molecule has 71 heavy (non-hydrogen) atoms. The number of nitrogens with zero attached hydrogens (tertiary/aromatic N) is 5. The molecular formula is C61H70N6O4. The summed E-state index contributed by atoms with van der Waals surface area (Å²) in [5.74, 6) is 0.114. The van der Waals surface area contributed by atoms with Gasteiger partial charge in [-0.3, -0.25) is 19.4 Å². The Kier molecular flexibility index (Phi) is 12.0. The molecule has 368 valence electrons. The van der Waals surface area contributed by atoms with Crippen molar-refractivity contribution in [3.63, 3.8) is 0 Å². The molecule has 0 aromatic heterocycles. The van der Waals surface area contributed by atoms with E-state index in [4.69, 9.17) is 0 Å². The lowest BCUT2D eigenvalue weighted by Crippen LogP contribution is -2.52. The molecule has 2 fully saturated rings. The molecule has 4 aliphatic heterocycles. The molecule has 0 radical (unpaired) electrons. The largest absolute Gasteiger partial charge is 0.392 e. The number of benzene rings is 6. The van der Waals surface area contributed by atoms with Gasteiger partial charge in [-0.05, 0) is 158 Å². The van der Waals surface area contributed by atoms with Crippen molar-refractivity contribution < 1.29 is 19.8 Å². The summed E-state index contributed by atoms with van der Waals surface area (Å²) in [6.07, 6.45) is 4.99. The van der Waals surface area contributed by atoms with E-state index in [0.29, 0.717) is 38.0 Å². The Labute approximate surface area is 419 Å². The van der Waals surface area contributed by atoms with Gasteiger partial charge >= 0.3 is 0 Å². The number of aliphatic hydroxyl groups is 2. The third-order valence-electron chi connectivity index (χ3n) is 17.9. The number of aliphatic hydroxyl groups excluding tert-OH is 2. The van der Waals surface area contributed by atoms with E-state index in [2.05, 4.69) is 128 Å². The van der Waals surface area contributed by atoms with E-state index >= 15 is 9.59 Å². The van der Waals surface area contributed by atoms with Gasteiger partial charge in [0.1, 0.15) is 0 Å². The molecule has 6 aliphatic rings. The number of hydrogen-bond acceptors (Lipinski definition) is 8. The lowest BCUT2D eigenvalue weighted by atomic mass is 9.72. The van der Waals surface area contributed by atoms with Crippen molar-refractivity contribution in [1.29, 1.82) is 0 Å². The Morgan fingerprint density at radius 3 is 1.75 bits per heavy atom. The van der Waals surface area contributed by atoms with Crippen molar-refractivity contribution in [1.82, 2.24) is 20.0 Å². The Morgan fingerprint density at radius 2 is 1.18 bits per heavy atom.